The van der Waals surface area contributed by atoms with Crippen LogP contribution in [0.25, 0.3) is 0 Å². The SMILES string of the molecule is CN(CC(F)F)CC(O)COc1ccc(Cl)cc1Cl. The molecule has 1 rings (SSSR count). The predicted molar refractivity (Wildman–Crippen MR) is 71.5 cm³/mol. The monoisotopic (exact) mass is 313 g/mol. The first-order valence-corrected chi connectivity index (χ1v) is 6.36. The molecule has 108 valence electrons. The number of aliphatic hydroxyl groups excluding tert-OH is 1. The third kappa shape index (κ3) is 6.38. The molecule has 0 spiro atoms. The first-order chi connectivity index (χ1) is 8.88. The lowest BCUT2D eigenvalue weighted by Crippen LogP contribution is -2.35. The van der Waals surface area contributed by atoms with Crippen LogP contribution < -0.4 is 4.74 Å². The summed E-state index contributed by atoms with van der Waals surface area (Å²) in [7, 11) is 1.50. The van der Waals surface area contributed by atoms with Crippen molar-refractivity contribution in [1.29, 1.82) is 0 Å². The fraction of sp³-hybridized carbons (Fsp3) is 0.500. The topological polar surface area (TPSA) is 32.7 Å². The maximum Gasteiger partial charge on any atom is 0.251 e. The van der Waals surface area contributed by atoms with Crippen molar-refractivity contribution >= 4 is 23.2 Å². The first kappa shape index (κ1) is 16.4. The van der Waals surface area contributed by atoms with E-state index in [4.69, 9.17) is 27.9 Å². The number of hydrogen-bond donors (Lipinski definition) is 1. The molecule has 0 heterocycles. The van der Waals surface area contributed by atoms with E-state index in [0.717, 1.165) is 0 Å². The van der Waals surface area contributed by atoms with Crippen molar-refractivity contribution in [2.75, 3.05) is 26.7 Å². The minimum Gasteiger partial charge on any atom is -0.489 e. The van der Waals surface area contributed by atoms with Crippen molar-refractivity contribution in [2.24, 2.45) is 0 Å². The van der Waals surface area contributed by atoms with Crippen LogP contribution in [0.5, 0.6) is 5.75 Å². The number of benzene rings is 1. The Morgan fingerprint density at radius 1 is 1.32 bits per heavy atom. The molecule has 19 heavy (non-hydrogen) atoms. The predicted octanol–water partition coefficient (Wildman–Crippen LogP) is 2.93. The molecule has 3 nitrogen and oxygen atoms in total. The molecule has 0 aliphatic carbocycles. The highest BCUT2D eigenvalue weighted by atomic mass is 35.5. The van der Waals surface area contributed by atoms with E-state index < -0.39 is 19.1 Å². The van der Waals surface area contributed by atoms with Gasteiger partial charge in [-0.3, -0.25) is 4.90 Å². The molecule has 0 saturated carbocycles. The number of nitrogens with zero attached hydrogens (tertiary/aromatic N) is 1. The number of aliphatic hydroxyl groups is 1. The summed E-state index contributed by atoms with van der Waals surface area (Å²) in [6.45, 7) is -0.330. The molecule has 0 saturated heterocycles. The lowest BCUT2D eigenvalue weighted by atomic mass is 10.3. The zero-order valence-corrected chi connectivity index (χ0v) is 11.8. The summed E-state index contributed by atoms with van der Waals surface area (Å²) in [4.78, 5) is 1.34. The molecule has 0 aliphatic heterocycles. The van der Waals surface area contributed by atoms with Crippen LogP contribution in [0, 0.1) is 0 Å². The van der Waals surface area contributed by atoms with Gasteiger partial charge in [0.2, 0.25) is 0 Å². The summed E-state index contributed by atoms with van der Waals surface area (Å²) in [6, 6.07) is 4.71. The fourth-order valence-electron chi connectivity index (χ4n) is 1.50. The number of rotatable bonds is 7. The second-order valence-corrected chi connectivity index (χ2v) is 5.00. The number of alkyl halides is 2. The Balaban J connectivity index is 2.39. The smallest absolute Gasteiger partial charge is 0.251 e. The minimum atomic E-state index is -2.43. The van der Waals surface area contributed by atoms with Crippen LogP contribution in [0.2, 0.25) is 10.0 Å². The summed E-state index contributed by atoms with van der Waals surface area (Å²) in [5, 5.41) is 10.5. The van der Waals surface area contributed by atoms with E-state index in [2.05, 4.69) is 0 Å². The summed E-state index contributed by atoms with van der Waals surface area (Å²) in [5.41, 5.74) is 0. The van der Waals surface area contributed by atoms with Gasteiger partial charge in [-0.25, -0.2) is 8.78 Å². The Labute approximate surface area is 120 Å². The molecule has 1 aromatic rings. The minimum absolute atomic E-state index is 0.0328. The highest BCUT2D eigenvalue weighted by Crippen LogP contribution is 2.27. The van der Waals surface area contributed by atoms with Crippen LogP contribution in [0.15, 0.2) is 18.2 Å². The van der Waals surface area contributed by atoms with Crippen LogP contribution in [0.1, 0.15) is 0 Å². The molecule has 0 bridgehead atoms. The Morgan fingerprint density at radius 2 is 2.00 bits per heavy atom. The maximum absolute atomic E-state index is 12.1. The molecule has 1 aromatic carbocycles. The average molecular weight is 314 g/mol. The van der Waals surface area contributed by atoms with E-state index in [0.29, 0.717) is 15.8 Å². The van der Waals surface area contributed by atoms with Crippen molar-refractivity contribution in [1.82, 2.24) is 4.90 Å². The van der Waals surface area contributed by atoms with Gasteiger partial charge in [0.25, 0.3) is 6.43 Å². The largest absolute Gasteiger partial charge is 0.489 e. The molecule has 0 radical (unpaired) electrons. The Morgan fingerprint density at radius 3 is 2.58 bits per heavy atom. The van der Waals surface area contributed by atoms with E-state index in [9.17, 15) is 13.9 Å². The molecule has 7 heteroatoms. The Hall–Kier alpha value is -0.620. The van der Waals surface area contributed by atoms with Gasteiger partial charge in [0, 0.05) is 11.6 Å². The number of hydrogen-bond acceptors (Lipinski definition) is 3. The highest BCUT2D eigenvalue weighted by Gasteiger charge is 2.13. The van der Waals surface area contributed by atoms with Crippen LogP contribution in [-0.4, -0.2) is 49.3 Å². The second kappa shape index (κ2) is 7.85. The van der Waals surface area contributed by atoms with Crippen LogP contribution >= 0.6 is 23.2 Å². The van der Waals surface area contributed by atoms with Crippen molar-refractivity contribution in [3.8, 4) is 5.75 Å². The van der Waals surface area contributed by atoms with Gasteiger partial charge in [0.05, 0.1) is 11.6 Å². The zero-order chi connectivity index (χ0) is 14.4. The number of ether oxygens (including phenoxy) is 1. The van der Waals surface area contributed by atoms with Crippen LogP contribution in [-0.2, 0) is 0 Å². The number of halogens is 4. The van der Waals surface area contributed by atoms with Gasteiger partial charge in [-0.2, -0.15) is 0 Å². The van der Waals surface area contributed by atoms with Crippen LogP contribution in [0.4, 0.5) is 8.78 Å². The van der Waals surface area contributed by atoms with Gasteiger partial charge >= 0.3 is 0 Å². The molecule has 0 amide bonds. The molecular weight excluding hydrogens is 299 g/mol. The Kier molecular flexibility index (Phi) is 6.79. The summed E-state index contributed by atoms with van der Waals surface area (Å²) in [6.07, 6.45) is -3.31. The molecule has 1 N–H and O–H groups in total. The van der Waals surface area contributed by atoms with E-state index in [1.165, 1.54) is 18.0 Å². The molecule has 1 atom stereocenters. The highest BCUT2D eigenvalue weighted by molar-refractivity contribution is 6.35. The second-order valence-electron chi connectivity index (χ2n) is 4.15. The molecule has 0 aromatic heterocycles. The summed E-state index contributed by atoms with van der Waals surface area (Å²) < 4.78 is 29.5. The fourth-order valence-corrected chi connectivity index (χ4v) is 1.96. The lowest BCUT2D eigenvalue weighted by Gasteiger charge is -2.20. The average Bonchev–Trinajstić information content (AvgIpc) is 2.26. The van der Waals surface area contributed by atoms with Gasteiger partial charge in [-0.1, -0.05) is 23.2 Å². The van der Waals surface area contributed by atoms with E-state index in [1.54, 1.807) is 12.1 Å². The molecular formula is C12H15Cl2F2NO2. The normalized spacial score (nSPS) is 13.1. The van der Waals surface area contributed by atoms with Crippen molar-refractivity contribution < 1.29 is 18.6 Å². The van der Waals surface area contributed by atoms with Gasteiger partial charge in [0.15, 0.2) is 0 Å². The summed E-state index contributed by atoms with van der Waals surface area (Å²) >= 11 is 11.6. The Bertz CT molecular complexity index is 407. The van der Waals surface area contributed by atoms with Crippen molar-refractivity contribution in [3.05, 3.63) is 28.2 Å². The number of likely N-dealkylation sites (N-methyl/N-ethyl adjacent to an activating group) is 1. The van der Waals surface area contributed by atoms with Crippen molar-refractivity contribution in [3.63, 3.8) is 0 Å². The van der Waals surface area contributed by atoms with E-state index in [-0.39, 0.29) is 13.2 Å². The first-order valence-electron chi connectivity index (χ1n) is 5.61. The molecule has 1 unspecified atom stereocenters. The van der Waals surface area contributed by atoms with Gasteiger partial charge < -0.3 is 9.84 Å². The quantitative estimate of drug-likeness (QED) is 0.840. The maximum atomic E-state index is 12.1. The lowest BCUT2D eigenvalue weighted by molar-refractivity contribution is 0.0473. The van der Waals surface area contributed by atoms with Gasteiger partial charge in [-0.15, -0.1) is 0 Å². The van der Waals surface area contributed by atoms with E-state index in [1.807, 2.05) is 0 Å². The van der Waals surface area contributed by atoms with Crippen molar-refractivity contribution in [2.45, 2.75) is 12.5 Å². The van der Waals surface area contributed by atoms with E-state index >= 15 is 0 Å². The van der Waals surface area contributed by atoms with Crippen LogP contribution in [0.3, 0.4) is 0 Å². The van der Waals surface area contributed by atoms with Gasteiger partial charge in [-0.05, 0) is 25.2 Å². The zero-order valence-electron chi connectivity index (χ0n) is 10.3. The third-order valence-electron chi connectivity index (χ3n) is 2.30. The third-order valence-corrected chi connectivity index (χ3v) is 2.83. The molecule has 0 aliphatic rings. The van der Waals surface area contributed by atoms with Gasteiger partial charge in [0.1, 0.15) is 18.5 Å². The molecule has 0 fully saturated rings. The summed E-state index contributed by atoms with van der Waals surface area (Å²) in [5.74, 6) is 0.390. The standard InChI is InChI=1S/C12H15Cl2F2NO2/c1-17(6-12(15)16)5-9(18)7-19-11-3-2-8(13)4-10(11)14/h2-4,9,12,18H,5-7H2,1H3.